The van der Waals surface area contributed by atoms with Crippen LogP contribution in [0.4, 0.5) is 17.2 Å². The summed E-state index contributed by atoms with van der Waals surface area (Å²) in [4.78, 5) is 50.8. The minimum atomic E-state index is -0.358. The summed E-state index contributed by atoms with van der Waals surface area (Å²) in [6.07, 6.45) is 7.20. The summed E-state index contributed by atoms with van der Waals surface area (Å²) in [5.41, 5.74) is 5.66. The van der Waals surface area contributed by atoms with E-state index in [0.717, 1.165) is 53.9 Å². The van der Waals surface area contributed by atoms with Gasteiger partial charge in [0.25, 0.3) is 11.5 Å². The highest BCUT2D eigenvalue weighted by atomic mass is 32.1. The molecule has 4 heterocycles. The van der Waals surface area contributed by atoms with E-state index in [2.05, 4.69) is 15.5 Å². The van der Waals surface area contributed by atoms with Crippen LogP contribution in [0.5, 0.6) is 0 Å². The van der Waals surface area contributed by atoms with Gasteiger partial charge in [-0.25, -0.2) is 4.98 Å². The van der Waals surface area contributed by atoms with Crippen molar-refractivity contribution in [3.63, 3.8) is 0 Å². The zero-order valence-electron chi connectivity index (χ0n) is 26.9. The van der Waals surface area contributed by atoms with Crippen molar-refractivity contribution < 1.29 is 14.3 Å². The lowest BCUT2D eigenvalue weighted by molar-refractivity contribution is -0.142. The van der Waals surface area contributed by atoms with E-state index >= 15 is 0 Å². The van der Waals surface area contributed by atoms with Crippen molar-refractivity contribution in [2.24, 2.45) is 7.05 Å². The smallest absolute Gasteiger partial charge is 0.293 e. The van der Waals surface area contributed by atoms with Crippen molar-refractivity contribution in [3.05, 3.63) is 91.5 Å². The summed E-state index contributed by atoms with van der Waals surface area (Å²) < 4.78 is 7.06. The predicted octanol–water partition coefficient (Wildman–Crippen LogP) is 5.30. The number of nitrogens with zero attached hydrogens (tertiary/aromatic N) is 4. The summed E-state index contributed by atoms with van der Waals surface area (Å²) in [5.74, 6) is 0.217. The number of nitrogens with one attached hydrogen (secondary N) is 2. The fourth-order valence-corrected chi connectivity index (χ4v) is 7.74. The molecule has 2 fully saturated rings. The van der Waals surface area contributed by atoms with Crippen LogP contribution in [0.3, 0.4) is 0 Å². The number of benzene rings is 2. The van der Waals surface area contributed by atoms with E-state index in [0.29, 0.717) is 43.4 Å². The molecule has 11 heteroatoms. The van der Waals surface area contributed by atoms with Gasteiger partial charge >= 0.3 is 0 Å². The highest BCUT2D eigenvalue weighted by Gasteiger charge is 2.34. The molecule has 3 aliphatic rings. The van der Waals surface area contributed by atoms with Crippen LogP contribution in [-0.4, -0.2) is 70.6 Å². The van der Waals surface area contributed by atoms with Gasteiger partial charge in [-0.2, -0.15) is 0 Å². The van der Waals surface area contributed by atoms with E-state index in [9.17, 15) is 14.4 Å². The first kappa shape index (κ1) is 31.3. The minimum Gasteiger partial charge on any atom is -0.379 e. The third-order valence-electron chi connectivity index (χ3n) is 9.45. The number of amides is 2. The SMILES string of the molecule is Cc1c(NC(=O)c2cc3c(s2)CCCC3)cccc1-c1cn(C)c(=O)c(Nc2ccc(C(C(=O)N3CCC3)N3CCOCC3)cc2)n1. The van der Waals surface area contributed by atoms with E-state index in [-0.39, 0.29) is 29.2 Å². The number of rotatable bonds is 8. The van der Waals surface area contributed by atoms with E-state index in [1.807, 2.05) is 60.4 Å². The molecular weight excluding hydrogens is 613 g/mol. The van der Waals surface area contributed by atoms with Gasteiger partial charge < -0.3 is 24.8 Å². The number of ether oxygens (including phenoxy) is 1. The third kappa shape index (κ3) is 6.47. The molecule has 4 aromatic rings. The van der Waals surface area contributed by atoms with Crippen LogP contribution in [0.1, 0.15) is 56.5 Å². The first-order chi connectivity index (χ1) is 22.9. The van der Waals surface area contributed by atoms with Crippen LogP contribution in [-0.2, 0) is 29.4 Å². The number of aromatic nitrogens is 2. The first-order valence-electron chi connectivity index (χ1n) is 16.4. The number of carbonyl (C=O) groups is 2. The molecule has 0 spiro atoms. The van der Waals surface area contributed by atoms with E-state index in [4.69, 9.17) is 9.72 Å². The Balaban J connectivity index is 1.11. The molecule has 10 nitrogen and oxygen atoms in total. The fraction of sp³-hybridized carbons (Fsp3) is 0.389. The number of hydrogen-bond donors (Lipinski definition) is 2. The number of carbonyl (C=O) groups excluding carboxylic acids is 2. The van der Waals surface area contributed by atoms with Crippen molar-refractivity contribution in [3.8, 4) is 11.3 Å². The average Bonchev–Trinajstić information content (AvgIpc) is 3.50. The maximum atomic E-state index is 13.4. The second-order valence-corrected chi connectivity index (χ2v) is 13.7. The lowest BCUT2D eigenvalue weighted by Crippen LogP contribution is -2.51. The van der Waals surface area contributed by atoms with E-state index in [1.165, 1.54) is 27.8 Å². The zero-order chi connectivity index (χ0) is 32.5. The maximum absolute atomic E-state index is 13.4. The van der Waals surface area contributed by atoms with Crippen LogP contribution in [0.25, 0.3) is 11.3 Å². The second-order valence-electron chi connectivity index (χ2n) is 12.6. The van der Waals surface area contributed by atoms with Crippen LogP contribution in [0.15, 0.2) is 59.5 Å². The molecule has 0 saturated carbocycles. The summed E-state index contributed by atoms with van der Waals surface area (Å²) in [7, 11) is 1.70. The number of aryl methyl sites for hydroxylation is 3. The zero-order valence-corrected chi connectivity index (χ0v) is 27.7. The number of thiophene rings is 1. The van der Waals surface area contributed by atoms with Crippen molar-refractivity contribution in [2.45, 2.75) is 45.1 Å². The van der Waals surface area contributed by atoms with E-state index < -0.39 is 0 Å². The van der Waals surface area contributed by atoms with Crippen LogP contribution >= 0.6 is 11.3 Å². The molecule has 0 radical (unpaired) electrons. The third-order valence-corrected chi connectivity index (χ3v) is 10.7. The second kappa shape index (κ2) is 13.4. The quantitative estimate of drug-likeness (QED) is 0.266. The van der Waals surface area contributed by atoms with Crippen LogP contribution < -0.4 is 16.2 Å². The topological polar surface area (TPSA) is 109 Å². The molecule has 2 amide bonds. The molecule has 2 aliphatic heterocycles. The molecule has 1 aliphatic carbocycles. The monoisotopic (exact) mass is 652 g/mol. The summed E-state index contributed by atoms with van der Waals surface area (Å²) in [6.45, 7) is 6.19. The van der Waals surface area contributed by atoms with Gasteiger partial charge in [-0.15, -0.1) is 11.3 Å². The predicted molar refractivity (Wildman–Crippen MR) is 185 cm³/mol. The average molecular weight is 653 g/mol. The van der Waals surface area contributed by atoms with Crippen molar-refractivity contribution in [1.29, 1.82) is 0 Å². The van der Waals surface area contributed by atoms with E-state index in [1.54, 1.807) is 24.6 Å². The molecule has 2 saturated heterocycles. The number of hydrogen-bond acceptors (Lipinski definition) is 8. The van der Waals surface area contributed by atoms with Crippen LogP contribution in [0, 0.1) is 6.92 Å². The minimum absolute atomic E-state index is 0.105. The Bertz CT molecular complexity index is 1830. The molecule has 1 atom stereocenters. The molecule has 244 valence electrons. The lowest BCUT2D eigenvalue weighted by Gasteiger charge is -2.40. The highest BCUT2D eigenvalue weighted by Crippen LogP contribution is 2.33. The Morgan fingerprint density at radius 2 is 1.74 bits per heavy atom. The van der Waals surface area contributed by atoms with Gasteiger partial charge in [-0.3, -0.25) is 19.3 Å². The molecule has 2 aromatic carbocycles. The summed E-state index contributed by atoms with van der Waals surface area (Å²) >= 11 is 1.59. The lowest BCUT2D eigenvalue weighted by atomic mass is 9.99. The van der Waals surface area contributed by atoms with Gasteiger partial charge in [0.1, 0.15) is 6.04 Å². The Kier molecular flexibility index (Phi) is 8.94. The number of morpholine rings is 1. The normalized spacial score (nSPS) is 17.0. The number of fused-ring (bicyclic) bond motifs is 1. The molecule has 7 rings (SSSR count). The standard InChI is InChI=1S/C36H40N6O4S/c1-23-27(8-5-9-28(23)39-34(43)31-21-25-7-3-4-10-30(25)47-31)29-22-40(2)36(45)33(38-29)37-26-13-11-24(12-14-26)32(35(44)42-15-6-16-42)41-17-19-46-20-18-41/h5,8-9,11-14,21-22,32H,3-4,6-7,10,15-20H2,1-2H3,(H,37,38)(H,39,43). The largest absolute Gasteiger partial charge is 0.379 e. The van der Waals surface area contributed by atoms with Crippen molar-refractivity contribution in [2.75, 3.05) is 50.0 Å². The molecule has 0 bridgehead atoms. The highest BCUT2D eigenvalue weighted by molar-refractivity contribution is 7.14. The molecule has 2 aromatic heterocycles. The van der Waals surface area contributed by atoms with Gasteiger partial charge in [-0.05, 0) is 80.0 Å². The van der Waals surface area contributed by atoms with Gasteiger partial charge in [0.15, 0.2) is 5.82 Å². The number of likely N-dealkylation sites (tertiary alicyclic amines) is 1. The Hall–Kier alpha value is -4.32. The van der Waals surface area contributed by atoms with Crippen molar-refractivity contribution in [1.82, 2.24) is 19.4 Å². The fourth-order valence-electron chi connectivity index (χ4n) is 6.59. The summed E-state index contributed by atoms with van der Waals surface area (Å²) in [6, 6.07) is 15.1. The Labute approximate surface area is 278 Å². The molecule has 1 unspecified atom stereocenters. The van der Waals surface area contributed by atoms with Crippen molar-refractivity contribution >= 4 is 40.3 Å². The Morgan fingerprint density at radius 1 is 0.979 bits per heavy atom. The molecule has 47 heavy (non-hydrogen) atoms. The molecular formula is C36H40N6O4S. The van der Waals surface area contributed by atoms with Gasteiger partial charge in [0.2, 0.25) is 5.91 Å². The molecule has 2 N–H and O–H groups in total. The van der Waals surface area contributed by atoms with Gasteiger partial charge in [-0.1, -0.05) is 24.3 Å². The van der Waals surface area contributed by atoms with Crippen LogP contribution in [0.2, 0.25) is 0 Å². The number of anilines is 3. The Morgan fingerprint density at radius 3 is 2.47 bits per heavy atom. The maximum Gasteiger partial charge on any atom is 0.293 e. The van der Waals surface area contributed by atoms with Gasteiger partial charge in [0, 0.05) is 61.2 Å². The van der Waals surface area contributed by atoms with Gasteiger partial charge in [0.05, 0.1) is 23.8 Å². The first-order valence-corrected chi connectivity index (χ1v) is 17.3. The summed E-state index contributed by atoms with van der Waals surface area (Å²) in [5, 5.41) is 6.32.